The number of carbonyl (C=O) groups excluding carboxylic acids is 1. The molecule has 0 bridgehead atoms. The number of pyridine rings is 1. The molecule has 2 aromatic rings. The van der Waals surface area contributed by atoms with E-state index in [1.807, 2.05) is 0 Å². The third-order valence-electron chi connectivity index (χ3n) is 3.06. The molecule has 22 heavy (non-hydrogen) atoms. The normalized spacial score (nSPS) is 10.5. The van der Waals surface area contributed by atoms with Gasteiger partial charge in [-0.1, -0.05) is 6.07 Å². The summed E-state index contributed by atoms with van der Waals surface area (Å²) in [6.07, 6.45) is 0. The van der Waals surface area contributed by atoms with Gasteiger partial charge >= 0.3 is 5.97 Å². The van der Waals surface area contributed by atoms with Gasteiger partial charge in [0.15, 0.2) is 28.9 Å². The Bertz CT molecular complexity index is 747. The molecule has 1 aromatic carbocycles. The van der Waals surface area contributed by atoms with Crippen LogP contribution in [-0.2, 0) is 4.74 Å². The topological polar surface area (TPSA) is 48.4 Å². The summed E-state index contributed by atoms with van der Waals surface area (Å²) in [4.78, 5) is 15.1. The minimum atomic E-state index is -1.36. The van der Waals surface area contributed by atoms with Crippen LogP contribution in [-0.4, -0.2) is 25.2 Å². The van der Waals surface area contributed by atoms with Gasteiger partial charge in [-0.2, -0.15) is 0 Å². The van der Waals surface area contributed by atoms with Gasteiger partial charge < -0.3 is 9.47 Å². The van der Waals surface area contributed by atoms with Crippen LogP contribution in [0.15, 0.2) is 18.2 Å². The molecule has 1 aromatic heterocycles. The van der Waals surface area contributed by atoms with Crippen LogP contribution in [0.5, 0.6) is 5.75 Å². The molecule has 0 aliphatic heterocycles. The first kappa shape index (κ1) is 15.8. The number of methoxy groups -OCH3 is 2. The van der Waals surface area contributed by atoms with E-state index in [9.17, 15) is 18.0 Å². The Balaban J connectivity index is 2.72. The summed E-state index contributed by atoms with van der Waals surface area (Å²) in [5.41, 5.74) is -0.926. The maximum atomic E-state index is 14.4. The van der Waals surface area contributed by atoms with Crippen molar-refractivity contribution >= 4 is 5.97 Å². The van der Waals surface area contributed by atoms with Crippen molar-refractivity contribution in [1.29, 1.82) is 0 Å². The molecule has 0 aliphatic rings. The van der Waals surface area contributed by atoms with Crippen molar-refractivity contribution in [1.82, 2.24) is 4.98 Å². The van der Waals surface area contributed by atoms with Gasteiger partial charge in [0.2, 0.25) is 0 Å². The van der Waals surface area contributed by atoms with Crippen LogP contribution < -0.4 is 4.74 Å². The fourth-order valence-electron chi connectivity index (χ4n) is 1.97. The van der Waals surface area contributed by atoms with Crippen LogP contribution in [0.3, 0.4) is 0 Å². The summed E-state index contributed by atoms with van der Waals surface area (Å²) in [6.45, 7) is 1.60. The Morgan fingerprint density at radius 3 is 2.41 bits per heavy atom. The minimum absolute atomic E-state index is 0.109. The Kier molecular flexibility index (Phi) is 4.35. The predicted octanol–water partition coefficient (Wildman–Crippen LogP) is 3.27. The van der Waals surface area contributed by atoms with Crippen molar-refractivity contribution in [3.8, 4) is 17.0 Å². The molecule has 0 atom stereocenters. The SMILES string of the molecule is COC(=O)c1cc(F)c(F)c(-c2ccc(C)c(OC)c2F)n1. The zero-order valence-electron chi connectivity index (χ0n) is 12.0. The molecule has 2 rings (SSSR count). The van der Waals surface area contributed by atoms with Gasteiger partial charge in [0.25, 0.3) is 0 Å². The fraction of sp³-hybridized carbons (Fsp3) is 0.200. The molecular weight excluding hydrogens is 299 g/mol. The van der Waals surface area contributed by atoms with E-state index in [-0.39, 0.29) is 11.3 Å². The predicted molar refractivity (Wildman–Crippen MR) is 72.2 cm³/mol. The van der Waals surface area contributed by atoms with Gasteiger partial charge in [0, 0.05) is 11.6 Å². The number of ether oxygens (including phenoxy) is 2. The molecule has 0 aliphatic carbocycles. The largest absolute Gasteiger partial charge is 0.493 e. The van der Waals surface area contributed by atoms with E-state index >= 15 is 0 Å². The lowest BCUT2D eigenvalue weighted by Crippen LogP contribution is -2.08. The van der Waals surface area contributed by atoms with Gasteiger partial charge in [-0.05, 0) is 18.6 Å². The summed E-state index contributed by atoms with van der Waals surface area (Å²) in [7, 11) is 2.32. The molecule has 4 nitrogen and oxygen atoms in total. The number of halogens is 3. The van der Waals surface area contributed by atoms with E-state index < -0.39 is 34.8 Å². The van der Waals surface area contributed by atoms with Crippen molar-refractivity contribution in [3.05, 3.63) is 46.9 Å². The van der Waals surface area contributed by atoms with E-state index in [2.05, 4.69) is 9.72 Å². The molecule has 0 spiro atoms. The lowest BCUT2D eigenvalue weighted by Gasteiger charge is -2.11. The second-order valence-electron chi connectivity index (χ2n) is 4.42. The molecule has 0 radical (unpaired) electrons. The van der Waals surface area contributed by atoms with Crippen LogP contribution in [0.25, 0.3) is 11.3 Å². The van der Waals surface area contributed by atoms with E-state index in [0.29, 0.717) is 11.6 Å². The van der Waals surface area contributed by atoms with Gasteiger partial charge in [0.1, 0.15) is 5.69 Å². The van der Waals surface area contributed by atoms with E-state index in [0.717, 1.165) is 7.11 Å². The summed E-state index contributed by atoms with van der Waals surface area (Å²) in [5, 5.41) is 0. The molecule has 0 N–H and O–H groups in total. The summed E-state index contributed by atoms with van der Waals surface area (Å²) < 4.78 is 51.3. The molecule has 0 amide bonds. The molecule has 0 fully saturated rings. The van der Waals surface area contributed by atoms with Crippen molar-refractivity contribution in [2.75, 3.05) is 14.2 Å². The van der Waals surface area contributed by atoms with Gasteiger partial charge in [-0.15, -0.1) is 0 Å². The van der Waals surface area contributed by atoms with Crippen molar-refractivity contribution in [2.24, 2.45) is 0 Å². The lowest BCUT2D eigenvalue weighted by molar-refractivity contribution is 0.0593. The number of rotatable bonds is 3. The average molecular weight is 311 g/mol. The molecular formula is C15H12F3NO3. The number of hydrogen-bond acceptors (Lipinski definition) is 4. The number of aromatic nitrogens is 1. The Morgan fingerprint density at radius 1 is 1.14 bits per heavy atom. The third-order valence-corrected chi connectivity index (χ3v) is 3.06. The minimum Gasteiger partial charge on any atom is -0.493 e. The number of benzene rings is 1. The van der Waals surface area contributed by atoms with Crippen LogP contribution in [0.4, 0.5) is 13.2 Å². The monoisotopic (exact) mass is 311 g/mol. The highest BCUT2D eigenvalue weighted by Crippen LogP contribution is 2.33. The van der Waals surface area contributed by atoms with Crippen LogP contribution in [0, 0.1) is 24.4 Å². The number of carbonyl (C=O) groups is 1. The standard InChI is InChI=1S/C15H12F3NO3/c1-7-4-5-8(11(17)14(7)21-2)13-12(18)9(16)6-10(19-13)15(20)22-3/h4-6H,1-3H3. The Morgan fingerprint density at radius 2 is 1.82 bits per heavy atom. The molecule has 116 valence electrons. The summed E-state index contributed by atoms with van der Waals surface area (Å²) >= 11 is 0. The van der Waals surface area contributed by atoms with Crippen molar-refractivity contribution < 1.29 is 27.4 Å². The molecule has 0 saturated carbocycles. The summed E-state index contributed by atoms with van der Waals surface area (Å²) in [5.74, 6) is -4.65. The fourth-order valence-corrected chi connectivity index (χ4v) is 1.97. The third kappa shape index (κ3) is 2.61. The highest BCUT2D eigenvalue weighted by Gasteiger charge is 2.22. The number of aryl methyl sites for hydroxylation is 1. The van der Waals surface area contributed by atoms with Crippen LogP contribution >= 0.6 is 0 Å². The van der Waals surface area contributed by atoms with E-state index in [1.165, 1.54) is 19.2 Å². The second-order valence-corrected chi connectivity index (χ2v) is 4.42. The Hall–Kier alpha value is -2.57. The molecule has 0 unspecified atom stereocenters. The average Bonchev–Trinajstić information content (AvgIpc) is 2.50. The number of hydrogen-bond donors (Lipinski definition) is 0. The lowest BCUT2D eigenvalue weighted by atomic mass is 10.1. The van der Waals surface area contributed by atoms with Gasteiger partial charge in [-0.3, -0.25) is 0 Å². The van der Waals surface area contributed by atoms with Crippen molar-refractivity contribution in [3.63, 3.8) is 0 Å². The first-order chi connectivity index (χ1) is 10.4. The first-order valence-corrected chi connectivity index (χ1v) is 6.18. The highest BCUT2D eigenvalue weighted by atomic mass is 19.2. The maximum Gasteiger partial charge on any atom is 0.356 e. The first-order valence-electron chi connectivity index (χ1n) is 6.18. The van der Waals surface area contributed by atoms with Crippen molar-refractivity contribution in [2.45, 2.75) is 6.92 Å². The van der Waals surface area contributed by atoms with Gasteiger partial charge in [0.05, 0.1) is 14.2 Å². The smallest absolute Gasteiger partial charge is 0.356 e. The molecule has 1 heterocycles. The highest BCUT2D eigenvalue weighted by molar-refractivity contribution is 5.88. The van der Waals surface area contributed by atoms with Gasteiger partial charge in [-0.25, -0.2) is 22.9 Å². The quantitative estimate of drug-likeness (QED) is 0.816. The molecule has 0 saturated heterocycles. The zero-order valence-corrected chi connectivity index (χ0v) is 12.0. The second kappa shape index (κ2) is 6.05. The Labute approximate surface area is 124 Å². The maximum absolute atomic E-state index is 14.4. The van der Waals surface area contributed by atoms with Crippen LogP contribution in [0.1, 0.15) is 16.1 Å². The van der Waals surface area contributed by atoms with E-state index in [4.69, 9.17) is 4.74 Å². The van der Waals surface area contributed by atoms with E-state index in [1.54, 1.807) is 6.92 Å². The number of nitrogens with zero attached hydrogens (tertiary/aromatic N) is 1. The van der Waals surface area contributed by atoms with Crippen LogP contribution in [0.2, 0.25) is 0 Å². The number of esters is 1. The zero-order chi connectivity index (χ0) is 16.4. The summed E-state index contributed by atoms with van der Waals surface area (Å²) in [6, 6.07) is 3.30. The molecule has 7 heteroatoms.